The zero-order valence-corrected chi connectivity index (χ0v) is 11.6. The van der Waals surface area contributed by atoms with Gasteiger partial charge < -0.3 is 4.57 Å². The summed E-state index contributed by atoms with van der Waals surface area (Å²) in [6, 6.07) is 13.2. The number of hydrogen-bond donors (Lipinski definition) is 0. The Kier molecular flexibility index (Phi) is 3.36. The molecule has 0 saturated heterocycles. The van der Waals surface area contributed by atoms with E-state index >= 15 is 0 Å². The summed E-state index contributed by atoms with van der Waals surface area (Å²) in [5.74, 6) is -0.434. The molecule has 4 nitrogen and oxygen atoms in total. The first kappa shape index (κ1) is 13.2. The molecule has 0 spiro atoms. The summed E-state index contributed by atoms with van der Waals surface area (Å²) in [6.07, 6.45) is 3.01. The lowest BCUT2D eigenvalue weighted by molar-refractivity contribution is 0.0892. The minimum atomic E-state index is -0.256. The summed E-state index contributed by atoms with van der Waals surface area (Å²) in [5.41, 5.74) is 0.906. The molecule has 0 aliphatic heterocycles. The van der Waals surface area contributed by atoms with E-state index in [0.29, 0.717) is 11.3 Å². The van der Waals surface area contributed by atoms with Crippen LogP contribution in [0.5, 0.6) is 0 Å². The number of hydrogen-bond acceptors (Lipinski definition) is 3. The molecule has 1 aromatic heterocycles. The Morgan fingerprint density at radius 2 is 1.81 bits per heavy atom. The van der Waals surface area contributed by atoms with Crippen LogP contribution in [0.1, 0.15) is 27.3 Å². The van der Waals surface area contributed by atoms with Crippen LogP contribution in [0.3, 0.4) is 0 Å². The second-order valence-corrected chi connectivity index (χ2v) is 4.97. The first-order valence-electron chi connectivity index (χ1n) is 6.67. The number of aryl methyl sites for hydroxylation is 1. The third-order valence-electron chi connectivity index (χ3n) is 3.40. The van der Waals surface area contributed by atoms with Gasteiger partial charge in [-0.25, -0.2) is 4.98 Å². The molecular formula is C17H14N2O2. The maximum Gasteiger partial charge on any atom is 0.190 e. The van der Waals surface area contributed by atoms with Crippen LogP contribution in [0.15, 0.2) is 55.0 Å². The molecule has 0 amide bonds. The largest absolute Gasteiger partial charge is 0.340 e. The van der Waals surface area contributed by atoms with Crippen molar-refractivity contribution in [3.63, 3.8) is 0 Å². The van der Waals surface area contributed by atoms with E-state index in [-0.39, 0.29) is 18.0 Å². The van der Waals surface area contributed by atoms with Crippen LogP contribution in [0.25, 0.3) is 10.8 Å². The van der Waals surface area contributed by atoms with E-state index in [9.17, 15) is 9.59 Å². The Bertz CT molecular complexity index is 828. The average Bonchev–Trinajstić information content (AvgIpc) is 2.93. The predicted octanol–water partition coefficient (Wildman–Crippen LogP) is 3.03. The summed E-state index contributed by atoms with van der Waals surface area (Å²) < 4.78 is 1.69. The monoisotopic (exact) mass is 278 g/mol. The van der Waals surface area contributed by atoms with Gasteiger partial charge >= 0.3 is 0 Å². The van der Waals surface area contributed by atoms with E-state index in [4.69, 9.17) is 0 Å². The van der Waals surface area contributed by atoms with Gasteiger partial charge in [0.15, 0.2) is 11.6 Å². The number of aromatic nitrogens is 2. The summed E-state index contributed by atoms with van der Waals surface area (Å²) in [7, 11) is 1.79. The highest BCUT2D eigenvalue weighted by molar-refractivity contribution is 6.17. The first-order valence-corrected chi connectivity index (χ1v) is 6.67. The van der Waals surface area contributed by atoms with Gasteiger partial charge in [-0.15, -0.1) is 0 Å². The lowest BCUT2D eigenvalue weighted by Gasteiger charge is -2.04. The summed E-state index contributed by atoms with van der Waals surface area (Å²) in [5, 5.41) is 1.87. The maximum absolute atomic E-state index is 12.4. The number of imidazole rings is 1. The number of benzene rings is 2. The van der Waals surface area contributed by atoms with E-state index < -0.39 is 0 Å². The number of fused-ring (bicyclic) bond motifs is 1. The molecule has 0 radical (unpaired) electrons. The lowest BCUT2D eigenvalue weighted by Crippen LogP contribution is -2.09. The van der Waals surface area contributed by atoms with Gasteiger partial charge in [-0.3, -0.25) is 9.59 Å². The van der Waals surface area contributed by atoms with Crippen molar-refractivity contribution in [2.75, 3.05) is 0 Å². The smallest absolute Gasteiger partial charge is 0.190 e. The van der Waals surface area contributed by atoms with Gasteiger partial charge in [0.1, 0.15) is 5.69 Å². The van der Waals surface area contributed by atoms with Crippen molar-refractivity contribution in [3.8, 4) is 0 Å². The van der Waals surface area contributed by atoms with Gasteiger partial charge in [0, 0.05) is 18.8 Å². The molecule has 0 saturated carbocycles. The quantitative estimate of drug-likeness (QED) is 0.544. The standard InChI is InChI=1S/C17H14N2O2/c1-19-10-15(18-11-19)17(21)9-16(20)14-8-4-6-12-5-2-3-7-13(12)14/h2-8,10-11H,9H2,1H3. The Labute approximate surface area is 122 Å². The third kappa shape index (κ3) is 2.60. The van der Waals surface area contributed by atoms with Gasteiger partial charge in [-0.2, -0.15) is 0 Å². The van der Waals surface area contributed by atoms with E-state index in [1.807, 2.05) is 36.4 Å². The highest BCUT2D eigenvalue weighted by Gasteiger charge is 2.17. The van der Waals surface area contributed by atoms with E-state index in [0.717, 1.165) is 10.8 Å². The van der Waals surface area contributed by atoms with E-state index in [2.05, 4.69) is 4.98 Å². The van der Waals surface area contributed by atoms with Crippen LogP contribution < -0.4 is 0 Å². The Morgan fingerprint density at radius 3 is 2.57 bits per heavy atom. The van der Waals surface area contributed by atoms with Gasteiger partial charge in [-0.1, -0.05) is 42.5 Å². The molecule has 2 aromatic carbocycles. The van der Waals surface area contributed by atoms with Crippen LogP contribution in [-0.4, -0.2) is 21.1 Å². The van der Waals surface area contributed by atoms with Gasteiger partial charge in [0.25, 0.3) is 0 Å². The maximum atomic E-state index is 12.4. The third-order valence-corrected chi connectivity index (χ3v) is 3.40. The van der Waals surface area contributed by atoms with Gasteiger partial charge in [0.2, 0.25) is 0 Å². The molecule has 104 valence electrons. The number of rotatable bonds is 4. The second-order valence-electron chi connectivity index (χ2n) is 4.97. The van der Waals surface area contributed by atoms with E-state index in [1.54, 1.807) is 30.2 Å². The molecule has 0 unspecified atom stereocenters. The molecule has 0 aliphatic carbocycles. The highest BCUT2D eigenvalue weighted by atomic mass is 16.1. The average molecular weight is 278 g/mol. The minimum Gasteiger partial charge on any atom is -0.340 e. The molecule has 4 heteroatoms. The highest BCUT2D eigenvalue weighted by Crippen LogP contribution is 2.20. The van der Waals surface area contributed by atoms with Crippen molar-refractivity contribution in [2.24, 2.45) is 7.05 Å². The SMILES string of the molecule is Cn1cnc(C(=O)CC(=O)c2cccc3ccccc23)c1. The number of carbonyl (C=O) groups is 2. The molecule has 0 N–H and O–H groups in total. The number of Topliss-reactive ketones (excluding diaryl/α,β-unsaturated/α-hetero) is 2. The van der Waals surface area contributed by atoms with Crippen molar-refractivity contribution in [1.82, 2.24) is 9.55 Å². The Balaban J connectivity index is 1.89. The van der Waals surface area contributed by atoms with Crippen molar-refractivity contribution in [2.45, 2.75) is 6.42 Å². The van der Waals surface area contributed by atoms with Gasteiger partial charge in [0.05, 0.1) is 12.7 Å². The van der Waals surface area contributed by atoms with Crippen LogP contribution in [0.2, 0.25) is 0 Å². The minimum absolute atomic E-state index is 0.162. The number of carbonyl (C=O) groups excluding carboxylic acids is 2. The predicted molar refractivity (Wildman–Crippen MR) is 80.4 cm³/mol. The summed E-state index contributed by atoms with van der Waals surface area (Å²) in [4.78, 5) is 28.5. The summed E-state index contributed by atoms with van der Waals surface area (Å²) in [6.45, 7) is 0. The fourth-order valence-electron chi connectivity index (χ4n) is 2.36. The fourth-order valence-corrected chi connectivity index (χ4v) is 2.36. The number of ketones is 2. The Hall–Kier alpha value is -2.75. The molecule has 1 heterocycles. The molecule has 0 aliphatic rings. The number of nitrogens with zero attached hydrogens (tertiary/aromatic N) is 2. The van der Waals surface area contributed by atoms with Gasteiger partial charge in [-0.05, 0) is 10.8 Å². The molecule has 3 aromatic rings. The fraction of sp³-hybridized carbons (Fsp3) is 0.118. The normalized spacial score (nSPS) is 10.7. The summed E-state index contributed by atoms with van der Waals surface area (Å²) >= 11 is 0. The lowest BCUT2D eigenvalue weighted by atomic mass is 9.98. The second kappa shape index (κ2) is 5.32. The molecular weight excluding hydrogens is 264 g/mol. The molecule has 0 atom stereocenters. The molecule has 0 fully saturated rings. The van der Waals surface area contributed by atoms with Crippen LogP contribution in [0.4, 0.5) is 0 Å². The van der Waals surface area contributed by atoms with Crippen LogP contribution in [-0.2, 0) is 7.05 Å². The van der Waals surface area contributed by atoms with Crippen LogP contribution >= 0.6 is 0 Å². The van der Waals surface area contributed by atoms with Crippen molar-refractivity contribution in [1.29, 1.82) is 0 Å². The van der Waals surface area contributed by atoms with Crippen LogP contribution in [0, 0.1) is 0 Å². The molecule has 0 bridgehead atoms. The topological polar surface area (TPSA) is 52.0 Å². The zero-order valence-electron chi connectivity index (χ0n) is 11.6. The molecule has 3 rings (SSSR count). The molecule has 21 heavy (non-hydrogen) atoms. The Morgan fingerprint density at radius 1 is 1.05 bits per heavy atom. The van der Waals surface area contributed by atoms with Crippen molar-refractivity contribution in [3.05, 3.63) is 66.2 Å². The first-order chi connectivity index (χ1) is 10.1. The van der Waals surface area contributed by atoms with Crippen molar-refractivity contribution < 1.29 is 9.59 Å². The zero-order chi connectivity index (χ0) is 14.8. The van der Waals surface area contributed by atoms with Crippen molar-refractivity contribution >= 4 is 22.3 Å². The van der Waals surface area contributed by atoms with E-state index in [1.165, 1.54) is 0 Å².